The van der Waals surface area contributed by atoms with Gasteiger partial charge in [-0.3, -0.25) is 0 Å². The molecule has 0 aliphatic heterocycles. The third kappa shape index (κ3) is 2.92. The number of benzene rings is 1. The van der Waals surface area contributed by atoms with E-state index in [2.05, 4.69) is 0 Å². The predicted molar refractivity (Wildman–Crippen MR) is 74.0 cm³/mol. The Morgan fingerprint density at radius 1 is 1.16 bits per heavy atom. The minimum Gasteiger partial charge on any atom is -0.497 e. The fourth-order valence-corrected chi connectivity index (χ4v) is 1.75. The number of hydrogen-bond donors (Lipinski definition) is 0. The van der Waals surface area contributed by atoms with E-state index in [1.165, 1.54) is 7.11 Å². The maximum atomic E-state index is 11.8. The summed E-state index contributed by atoms with van der Waals surface area (Å²) in [6, 6.07) is 5.45. The molecule has 0 saturated carbocycles. The first-order chi connectivity index (χ1) is 8.88. The molecule has 0 fully saturated rings. The Balaban J connectivity index is 3.18. The van der Waals surface area contributed by atoms with E-state index in [9.17, 15) is 4.79 Å². The number of ether oxygens (including phenoxy) is 3. The first kappa shape index (κ1) is 15.1. The normalized spacial score (nSPS) is 10.8. The van der Waals surface area contributed by atoms with Crippen molar-refractivity contribution in [1.82, 2.24) is 0 Å². The number of carbonyl (C=O) groups excluding carboxylic acids is 1. The highest BCUT2D eigenvalue weighted by Crippen LogP contribution is 2.35. The highest BCUT2D eigenvalue weighted by atomic mass is 16.5. The lowest BCUT2D eigenvalue weighted by atomic mass is 10.0. The second-order valence-corrected chi connectivity index (χ2v) is 4.65. The molecule has 0 saturated heterocycles. The van der Waals surface area contributed by atoms with Crippen LogP contribution in [-0.4, -0.2) is 39.9 Å². The Kier molecular flexibility index (Phi) is 4.64. The van der Waals surface area contributed by atoms with Crippen LogP contribution in [0.1, 0.15) is 13.8 Å². The molecule has 0 bridgehead atoms. The Morgan fingerprint density at radius 3 is 2.26 bits per heavy atom. The highest BCUT2D eigenvalue weighted by molar-refractivity contribution is 5.85. The molecule has 0 radical (unpaired) electrons. The Hall–Kier alpha value is -1.91. The molecular weight excluding hydrogens is 246 g/mol. The summed E-state index contributed by atoms with van der Waals surface area (Å²) in [7, 11) is 6.37. The lowest BCUT2D eigenvalue weighted by Gasteiger charge is -2.35. The van der Waals surface area contributed by atoms with Crippen LogP contribution >= 0.6 is 0 Å². The first-order valence-electron chi connectivity index (χ1n) is 5.92. The lowest BCUT2D eigenvalue weighted by Crippen LogP contribution is -2.49. The second kappa shape index (κ2) is 5.82. The van der Waals surface area contributed by atoms with Crippen molar-refractivity contribution in [3.8, 4) is 11.5 Å². The van der Waals surface area contributed by atoms with Crippen molar-refractivity contribution in [1.29, 1.82) is 0 Å². The summed E-state index contributed by atoms with van der Waals surface area (Å²) >= 11 is 0. The van der Waals surface area contributed by atoms with Crippen molar-refractivity contribution in [2.45, 2.75) is 19.4 Å². The summed E-state index contributed by atoms with van der Waals surface area (Å²) in [5.41, 5.74) is -0.00456. The lowest BCUT2D eigenvalue weighted by molar-refractivity contribution is -0.145. The van der Waals surface area contributed by atoms with Gasteiger partial charge >= 0.3 is 5.97 Å². The van der Waals surface area contributed by atoms with Crippen LogP contribution in [0, 0.1) is 0 Å². The minimum atomic E-state index is -0.795. The average molecular weight is 267 g/mol. The molecule has 0 aliphatic carbocycles. The van der Waals surface area contributed by atoms with Crippen LogP contribution in [0.2, 0.25) is 0 Å². The van der Waals surface area contributed by atoms with Gasteiger partial charge in [-0.2, -0.15) is 0 Å². The first-order valence-corrected chi connectivity index (χ1v) is 5.92. The predicted octanol–water partition coefficient (Wildman–Crippen LogP) is 2.09. The van der Waals surface area contributed by atoms with E-state index in [-0.39, 0.29) is 5.97 Å². The Morgan fingerprint density at radius 2 is 1.79 bits per heavy atom. The number of nitrogens with zero attached hydrogens (tertiary/aromatic N) is 1. The third-order valence-corrected chi connectivity index (χ3v) is 3.27. The zero-order valence-corrected chi connectivity index (χ0v) is 12.3. The highest BCUT2D eigenvalue weighted by Gasteiger charge is 2.34. The van der Waals surface area contributed by atoms with Gasteiger partial charge in [0.05, 0.1) is 27.0 Å². The molecule has 0 spiro atoms. The third-order valence-electron chi connectivity index (χ3n) is 3.27. The van der Waals surface area contributed by atoms with E-state index >= 15 is 0 Å². The van der Waals surface area contributed by atoms with E-state index in [1.54, 1.807) is 34.1 Å². The molecule has 0 unspecified atom stereocenters. The van der Waals surface area contributed by atoms with Crippen LogP contribution in [0.5, 0.6) is 11.5 Å². The smallest absolute Gasteiger partial charge is 0.331 e. The average Bonchev–Trinajstić information content (AvgIpc) is 2.44. The molecule has 0 aromatic heterocycles. The number of carbonyl (C=O) groups is 1. The van der Waals surface area contributed by atoms with Gasteiger partial charge < -0.3 is 19.1 Å². The second-order valence-electron chi connectivity index (χ2n) is 4.65. The SMILES string of the molecule is COC(=O)C(C)(C)N(C)c1ccc(OC)cc1OC. The van der Waals surface area contributed by atoms with Gasteiger partial charge in [-0.25, -0.2) is 4.79 Å². The number of rotatable bonds is 5. The van der Waals surface area contributed by atoms with Crippen LogP contribution < -0.4 is 14.4 Å². The molecule has 5 nitrogen and oxygen atoms in total. The summed E-state index contributed by atoms with van der Waals surface area (Å²) in [6.07, 6.45) is 0. The fourth-order valence-electron chi connectivity index (χ4n) is 1.75. The number of likely N-dealkylation sites (N-methyl/N-ethyl adjacent to an activating group) is 1. The standard InChI is InChI=1S/C14H21NO4/c1-14(2,13(16)19-6)15(3)11-8-7-10(17-4)9-12(11)18-5/h7-9H,1-6H3. The van der Waals surface area contributed by atoms with Gasteiger partial charge in [0.1, 0.15) is 17.0 Å². The largest absolute Gasteiger partial charge is 0.497 e. The minimum absolute atomic E-state index is 0.312. The number of methoxy groups -OCH3 is 3. The van der Waals surface area contributed by atoms with E-state index < -0.39 is 5.54 Å². The van der Waals surface area contributed by atoms with E-state index in [0.29, 0.717) is 11.5 Å². The topological polar surface area (TPSA) is 48.0 Å². The molecule has 1 aromatic rings. The summed E-state index contributed by atoms with van der Waals surface area (Å²) in [6.45, 7) is 3.59. The van der Waals surface area contributed by atoms with E-state index in [0.717, 1.165) is 5.69 Å². The van der Waals surface area contributed by atoms with Gasteiger partial charge in [0.15, 0.2) is 0 Å². The zero-order valence-electron chi connectivity index (χ0n) is 12.3. The van der Waals surface area contributed by atoms with Crippen molar-refractivity contribution in [3.05, 3.63) is 18.2 Å². The van der Waals surface area contributed by atoms with Crippen LogP contribution in [0.15, 0.2) is 18.2 Å². The monoisotopic (exact) mass is 267 g/mol. The maximum absolute atomic E-state index is 11.8. The van der Waals surface area contributed by atoms with Crippen molar-refractivity contribution < 1.29 is 19.0 Å². The quantitative estimate of drug-likeness (QED) is 0.765. The van der Waals surface area contributed by atoms with E-state index in [1.807, 2.05) is 24.1 Å². The Labute approximate surface area is 114 Å². The number of anilines is 1. The fraction of sp³-hybridized carbons (Fsp3) is 0.500. The molecule has 0 heterocycles. The van der Waals surface area contributed by atoms with Gasteiger partial charge in [0, 0.05) is 13.1 Å². The van der Waals surface area contributed by atoms with Crippen molar-refractivity contribution in [3.63, 3.8) is 0 Å². The molecule has 5 heteroatoms. The van der Waals surface area contributed by atoms with Crippen LogP contribution in [-0.2, 0) is 9.53 Å². The molecule has 1 rings (SSSR count). The summed E-state index contributed by atoms with van der Waals surface area (Å²) in [5.74, 6) is 1.02. The van der Waals surface area contributed by atoms with Crippen LogP contribution in [0.3, 0.4) is 0 Å². The molecular formula is C14H21NO4. The van der Waals surface area contributed by atoms with Gasteiger partial charge in [0.25, 0.3) is 0 Å². The van der Waals surface area contributed by atoms with Gasteiger partial charge in [-0.1, -0.05) is 0 Å². The molecule has 0 atom stereocenters. The van der Waals surface area contributed by atoms with Gasteiger partial charge in [0.2, 0.25) is 0 Å². The van der Waals surface area contributed by atoms with Crippen molar-refractivity contribution in [2.24, 2.45) is 0 Å². The molecule has 0 N–H and O–H groups in total. The zero-order chi connectivity index (χ0) is 14.6. The van der Waals surface area contributed by atoms with Gasteiger partial charge in [-0.05, 0) is 26.0 Å². The van der Waals surface area contributed by atoms with E-state index in [4.69, 9.17) is 14.2 Å². The molecule has 106 valence electrons. The van der Waals surface area contributed by atoms with Gasteiger partial charge in [-0.15, -0.1) is 0 Å². The van der Waals surface area contributed by atoms with Crippen molar-refractivity contribution >= 4 is 11.7 Å². The molecule has 0 aliphatic rings. The summed E-state index contributed by atoms with van der Waals surface area (Å²) < 4.78 is 15.3. The van der Waals surface area contributed by atoms with Crippen LogP contribution in [0.4, 0.5) is 5.69 Å². The molecule has 1 aromatic carbocycles. The van der Waals surface area contributed by atoms with Crippen molar-refractivity contribution in [2.75, 3.05) is 33.3 Å². The molecule has 0 amide bonds. The maximum Gasteiger partial charge on any atom is 0.331 e. The number of esters is 1. The summed E-state index contributed by atoms with van der Waals surface area (Å²) in [4.78, 5) is 13.7. The summed E-state index contributed by atoms with van der Waals surface area (Å²) in [5, 5.41) is 0. The van der Waals surface area contributed by atoms with Crippen LogP contribution in [0.25, 0.3) is 0 Å². The Bertz CT molecular complexity index is 457. The molecule has 19 heavy (non-hydrogen) atoms. The number of hydrogen-bond acceptors (Lipinski definition) is 5.